The molecule has 1 unspecified atom stereocenters. The van der Waals surface area contributed by atoms with Crippen LogP contribution in [0.25, 0.3) is 0 Å². The molecule has 20 heavy (non-hydrogen) atoms. The molecule has 0 aliphatic heterocycles. The molecule has 2 N–H and O–H groups in total. The number of anilines is 1. The average Bonchev–Trinajstić information content (AvgIpc) is 2.38. The second kappa shape index (κ2) is 6.16. The van der Waals surface area contributed by atoms with Gasteiger partial charge >= 0.3 is 5.97 Å². The van der Waals surface area contributed by atoms with Gasteiger partial charge in [0.15, 0.2) is 0 Å². The summed E-state index contributed by atoms with van der Waals surface area (Å²) in [5.74, 6) is -0.998. The molecule has 0 heterocycles. The van der Waals surface area contributed by atoms with E-state index < -0.39 is 5.97 Å². The summed E-state index contributed by atoms with van der Waals surface area (Å²) in [6.07, 6.45) is 0. The van der Waals surface area contributed by atoms with Gasteiger partial charge in [-0.3, -0.25) is 0 Å². The van der Waals surface area contributed by atoms with Crippen molar-refractivity contribution in [1.82, 2.24) is 0 Å². The van der Waals surface area contributed by atoms with Gasteiger partial charge in [0.1, 0.15) is 0 Å². The lowest BCUT2D eigenvalue weighted by Crippen LogP contribution is -2.10. The number of carboxylic acid groups (broad SMARTS) is 1. The number of hydrogen-bond acceptors (Lipinski definition) is 2. The molecule has 0 spiro atoms. The van der Waals surface area contributed by atoms with Gasteiger partial charge in [0.2, 0.25) is 0 Å². The Balaban J connectivity index is 2.29. The fourth-order valence-electron chi connectivity index (χ4n) is 1.91. The van der Waals surface area contributed by atoms with E-state index >= 15 is 0 Å². The lowest BCUT2D eigenvalue weighted by Gasteiger charge is -2.17. The van der Waals surface area contributed by atoms with Crippen LogP contribution in [0.4, 0.5) is 5.69 Å². The topological polar surface area (TPSA) is 49.3 Å². The summed E-state index contributed by atoms with van der Waals surface area (Å²) >= 11 is 11.9. The average molecular weight is 310 g/mol. The molecular weight excluding hydrogens is 297 g/mol. The molecule has 2 aromatic carbocycles. The minimum absolute atomic E-state index is 0.0923. The summed E-state index contributed by atoms with van der Waals surface area (Å²) < 4.78 is 0. The Kier molecular flexibility index (Phi) is 4.53. The maximum absolute atomic E-state index is 11.2. The molecule has 0 amide bonds. The highest BCUT2D eigenvalue weighted by Crippen LogP contribution is 2.26. The lowest BCUT2D eigenvalue weighted by molar-refractivity contribution is 0.0698. The summed E-state index contributed by atoms with van der Waals surface area (Å²) in [6.45, 7) is 1.93. The van der Waals surface area contributed by atoms with E-state index in [4.69, 9.17) is 23.2 Å². The molecule has 0 aliphatic carbocycles. The molecule has 0 fully saturated rings. The highest BCUT2D eigenvalue weighted by molar-refractivity contribution is 6.31. The van der Waals surface area contributed by atoms with Crippen molar-refractivity contribution >= 4 is 34.9 Å². The van der Waals surface area contributed by atoms with Gasteiger partial charge in [0, 0.05) is 16.1 Å². The minimum atomic E-state index is -0.998. The minimum Gasteiger partial charge on any atom is -0.478 e. The number of carboxylic acids is 1. The fraction of sp³-hybridized carbons (Fsp3) is 0.133. The van der Waals surface area contributed by atoms with E-state index in [2.05, 4.69) is 5.32 Å². The maximum atomic E-state index is 11.2. The van der Waals surface area contributed by atoms with Crippen molar-refractivity contribution in [3.63, 3.8) is 0 Å². The van der Waals surface area contributed by atoms with Gasteiger partial charge in [0.05, 0.1) is 11.3 Å². The van der Waals surface area contributed by atoms with Gasteiger partial charge in [-0.05, 0) is 42.8 Å². The van der Waals surface area contributed by atoms with E-state index in [0.29, 0.717) is 15.7 Å². The third kappa shape index (κ3) is 3.44. The van der Waals surface area contributed by atoms with Crippen LogP contribution in [0.5, 0.6) is 0 Å². The molecular formula is C15H13Cl2NO2. The number of rotatable bonds is 4. The van der Waals surface area contributed by atoms with Gasteiger partial charge in [0.25, 0.3) is 0 Å². The van der Waals surface area contributed by atoms with Gasteiger partial charge in [-0.1, -0.05) is 35.3 Å². The molecule has 0 radical (unpaired) electrons. The third-order valence-corrected chi connectivity index (χ3v) is 3.40. The van der Waals surface area contributed by atoms with Crippen molar-refractivity contribution in [2.75, 3.05) is 5.32 Å². The number of nitrogens with one attached hydrogen (secondary N) is 1. The Labute approximate surface area is 127 Å². The van der Waals surface area contributed by atoms with Crippen molar-refractivity contribution in [3.8, 4) is 0 Å². The second-order valence-electron chi connectivity index (χ2n) is 4.42. The lowest BCUT2D eigenvalue weighted by atomic mass is 10.1. The van der Waals surface area contributed by atoms with E-state index in [1.807, 2.05) is 25.1 Å². The molecule has 0 aromatic heterocycles. The first-order valence-corrected chi connectivity index (χ1v) is 6.78. The van der Waals surface area contributed by atoms with Crippen molar-refractivity contribution in [1.29, 1.82) is 0 Å². The van der Waals surface area contributed by atoms with Crippen LogP contribution in [0.3, 0.4) is 0 Å². The number of benzene rings is 2. The Morgan fingerprint density at radius 2 is 1.85 bits per heavy atom. The van der Waals surface area contributed by atoms with Crippen molar-refractivity contribution in [2.24, 2.45) is 0 Å². The summed E-state index contributed by atoms with van der Waals surface area (Å²) in [5, 5.41) is 13.5. The van der Waals surface area contributed by atoms with Gasteiger partial charge in [-0.2, -0.15) is 0 Å². The monoisotopic (exact) mass is 309 g/mol. The highest BCUT2D eigenvalue weighted by atomic mass is 35.5. The van der Waals surface area contributed by atoms with E-state index in [-0.39, 0.29) is 11.6 Å². The first kappa shape index (κ1) is 14.7. The molecule has 1 atom stereocenters. The summed E-state index contributed by atoms with van der Waals surface area (Å²) in [6, 6.07) is 12.0. The largest absolute Gasteiger partial charge is 0.478 e. The predicted octanol–water partition coefficient (Wildman–Crippen LogP) is 4.86. The Morgan fingerprint density at radius 3 is 2.50 bits per heavy atom. The zero-order chi connectivity index (χ0) is 14.7. The maximum Gasteiger partial charge on any atom is 0.337 e. The number of aromatic carboxylic acids is 1. The van der Waals surface area contributed by atoms with Crippen LogP contribution >= 0.6 is 23.2 Å². The SMILES string of the molecule is CC(Nc1cc(Cl)ccc1C(=O)O)c1cccc(Cl)c1. The van der Waals surface area contributed by atoms with Crippen LogP contribution in [0.2, 0.25) is 10.0 Å². The van der Waals surface area contributed by atoms with Gasteiger partial charge in [-0.15, -0.1) is 0 Å². The van der Waals surface area contributed by atoms with E-state index in [1.165, 1.54) is 6.07 Å². The zero-order valence-electron chi connectivity index (χ0n) is 10.7. The Morgan fingerprint density at radius 1 is 1.15 bits per heavy atom. The number of hydrogen-bond donors (Lipinski definition) is 2. The fourth-order valence-corrected chi connectivity index (χ4v) is 2.29. The molecule has 3 nitrogen and oxygen atoms in total. The standard InChI is InChI=1S/C15H13Cl2NO2/c1-9(10-3-2-4-11(16)7-10)18-14-8-12(17)5-6-13(14)15(19)20/h2-9,18H,1H3,(H,19,20). The van der Waals surface area contributed by atoms with Crippen LogP contribution in [-0.4, -0.2) is 11.1 Å². The molecule has 2 aromatic rings. The molecule has 0 saturated heterocycles. The molecule has 104 valence electrons. The van der Waals surface area contributed by atoms with Crippen molar-refractivity contribution in [2.45, 2.75) is 13.0 Å². The zero-order valence-corrected chi connectivity index (χ0v) is 12.2. The van der Waals surface area contributed by atoms with Crippen molar-refractivity contribution < 1.29 is 9.90 Å². The van der Waals surface area contributed by atoms with Crippen LogP contribution in [0, 0.1) is 0 Å². The first-order valence-electron chi connectivity index (χ1n) is 6.02. The third-order valence-electron chi connectivity index (χ3n) is 2.93. The Hall–Kier alpha value is -1.71. The molecule has 0 saturated carbocycles. The summed E-state index contributed by atoms with van der Waals surface area (Å²) in [4.78, 5) is 11.2. The molecule has 0 aliphatic rings. The van der Waals surface area contributed by atoms with Gasteiger partial charge < -0.3 is 10.4 Å². The smallest absolute Gasteiger partial charge is 0.337 e. The van der Waals surface area contributed by atoms with Crippen molar-refractivity contribution in [3.05, 3.63) is 63.6 Å². The molecule has 0 bridgehead atoms. The van der Waals surface area contributed by atoms with E-state index in [1.54, 1.807) is 18.2 Å². The second-order valence-corrected chi connectivity index (χ2v) is 5.29. The van der Waals surface area contributed by atoms with Crippen LogP contribution in [0.15, 0.2) is 42.5 Å². The number of carbonyl (C=O) groups is 1. The normalized spacial score (nSPS) is 11.9. The van der Waals surface area contributed by atoms with Crippen LogP contribution in [-0.2, 0) is 0 Å². The van der Waals surface area contributed by atoms with Crippen LogP contribution < -0.4 is 5.32 Å². The number of halogens is 2. The quantitative estimate of drug-likeness (QED) is 0.847. The van der Waals surface area contributed by atoms with E-state index in [0.717, 1.165) is 5.56 Å². The first-order chi connectivity index (χ1) is 9.47. The predicted molar refractivity (Wildman–Crippen MR) is 81.9 cm³/mol. The highest BCUT2D eigenvalue weighted by Gasteiger charge is 2.13. The van der Waals surface area contributed by atoms with Gasteiger partial charge in [-0.25, -0.2) is 4.79 Å². The summed E-state index contributed by atoms with van der Waals surface area (Å²) in [5.41, 5.74) is 1.63. The molecule has 2 rings (SSSR count). The summed E-state index contributed by atoms with van der Waals surface area (Å²) in [7, 11) is 0. The van der Waals surface area contributed by atoms with Crippen LogP contribution in [0.1, 0.15) is 28.9 Å². The van der Waals surface area contributed by atoms with E-state index in [9.17, 15) is 9.90 Å². The Bertz CT molecular complexity index is 644. The molecule has 5 heteroatoms.